The number of alkyl halides is 1. The molecule has 31 heavy (non-hydrogen) atoms. The molecule has 0 aromatic heterocycles. The molecule has 2 aliphatic carbocycles. The normalized spacial score (nSPS) is 31.5. The van der Waals surface area contributed by atoms with E-state index >= 15 is 0 Å². The molecule has 3 aliphatic rings. The van der Waals surface area contributed by atoms with Crippen molar-refractivity contribution in [2.24, 2.45) is 16.7 Å². The molecule has 1 heterocycles. The third-order valence-corrected chi connectivity index (χ3v) is 11.4. The molecule has 1 N–H and O–H groups in total. The van der Waals surface area contributed by atoms with E-state index in [-0.39, 0.29) is 16.1 Å². The van der Waals surface area contributed by atoms with Crippen LogP contribution >= 0.6 is 11.6 Å². The molecule has 2 saturated carbocycles. The molecule has 172 valence electrons. The maximum atomic E-state index is 13.4. The molecule has 1 aromatic carbocycles. The molecule has 4 atom stereocenters. The summed E-state index contributed by atoms with van der Waals surface area (Å²) in [6, 6.07) is 3.27. The van der Waals surface area contributed by atoms with E-state index in [0.29, 0.717) is 23.8 Å². The van der Waals surface area contributed by atoms with Crippen LogP contribution in [-0.2, 0) is 24.8 Å². The van der Waals surface area contributed by atoms with Crippen molar-refractivity contribution in [3.05, 3.63) is 29.3 Å². The van der Waals surface area contributed by atoms with Crippen LogP contribution < -0.4 is 4.72 Å². The fraction of sp³-hybridized carbons (Fsp3) is 0.650. The van der Waals surface area contributed by atoms with Crippen LogP contribution in [0.25, 0.3) is 0 Å². The molecule has 1 aliphatic heterocycles. The Hall–Kier alpha value is -1.23. The highest BCUT2D eigenvalue weighted by molar-refractivity contribution is 7.90. The maximum Gasteiger partial charge on any atom is 0.254 e. The summed E-state index contributed by atoms with van der Waals surface area (Å²) in [6.07, 6.45) is 1.73. The first kappa shape index (κ1) is 22.9. The van der Waals surface area contributed by atoms with E-state index in [4.69, 9.17) is 11.6 Å². The zero-order chi connectivity index (χ0) is 22.8. The van der Waals surface area contributed by atoms with Gasteiger partial charge in [0.25, 0.3) is 5.91 Å². The maximum absolute atomic E-state index is 13.4. The second kappa shape index (κ2) is 7.40. The number of fused-ring (bicyclic) bond motifs is 1. The predicted molar refractivity (Wildman–Crippen MR) is 114 cm³/mol. The first-order chi connectivity index (χ1) is 14.4. The second-order valence-corrected chi connectivity index (χ2v) is 13.4. The van der Waals surface area contributed by atoms with Crippen molar-refractivity contribution in [2.75, 3.05) is 12.4 Å². The SMILES string of the molecule is CC1(C)C2CCC13CS(=O)(=O)N(C(=O)[C@@H](CCF)NS(=O)(=O)c1ccc(Cl)cc1)C3C2. The smallest absolute Gasteiger partial charge is 0.254 e. The minimum atomic E-state index is -4.18. The zero-order valence-corrected chi connectivity index (χ0v) is 19.7. The first-order valence-electron chi connectivity index (χ1n) is 10.3. The van der Waals surface area contributed by atoms with Gasteiger partial charge in [-0.25, -0.2) is 21.1 Å². The van der Waals surface area contributed by atoms with Gasteiger partial charge in [0.1, 0.15) is 6.04 Å². The van der Waals surface area contributed by atoms with Gasteiger partial charge in [0.2, 0.25) is 20.0 Å². The Kier molecular flexibility index (Phi) is 5.47. The number of carbonyl (C=O) groups is 1. The molecule has 2 bridgehead atoms. The minimum Gasteiger partial charge on any atom is -0.272 e. The summed E-state index contributed by atoms with van der Waals surface area (Å²) in [5.41, 5.74) is -0.778. The van der Waals surface area contributed by atoms with Crippen molar-refractivity contribution < 1.29 is 26.0 Å². The number of halogens is 2. The number of sulfonamides is 2. The van der Waals surface area contributed by atoms with Gasteiger partial charge >= 0.3 is 0 Å². The third-order valence-electron chi connectivity index (χ3n) is 7.75. The Morgan fingerprint density at radius 2 is 1.97 bits per heavy atom. The summed E-state index contributed by atoms with van der Waals surface area (Å²) in [7, 11) is -8.13. The Balaban J connectivity index is 1.65. The van der Waals surface area contributed by atoms with Gasteiger partial charge < -0.3 is 0 Å². The number of hydrogen-bond donors (Lipinski definition) is 1. The van der Waals surface area contributed by atoms with E-state index in [0.717, 1.165) is 10.7 Å². The van der Waals surface area contributed by atoms with Gasteiger partial charge in [0.15, 0.2) is 0 Å². The Morgan fingerprint density at radius 1 is 1.32 bits per heavy atom. The van der Waals surface area contributed by atoms with Crippen molar-refractivity contribution in [2.45, 2.75) is 56.5 Å². The molecule has 7 nitrogen and oxygen atoms in total. The zero-order valence-electron chi connectivity index (χ0n) is 17.3. The molecule has 1 amide bonds. The Morgan fingerprint density at radius 3 is 2.55 bits per heavy atom. The lowest BCUT2D eigenvalue weighted by Crippen LogP contribution is -2.53. The minimum absolute atomic E-state index is 0.133. The molecule has 3 unspecified atom stereocenters. The van der Waals surface area contributed by atoms with E-state index < -0.39 is 56.5 Å². The average molecular weight is 493 g/mol. The second-order valence-electron chi connectivity index (χ2n) is 9.36. The molecular formula is C20H26ClFN2O5S2. The summed E-state index contributed by atoms with van der Waals surface area (Å²) in [6.45, 7) is 3.13. The van der Waals surface area contributed by atoms with Crippen molar-refractivity contribution in [1.82, 2.24) is 9.03 Å². The molecule has 1 saturated heterocycles. The lowest BCUT2D eigenvalue weighted by Gasteiger charge is -2.37. The largest absolute Gasteiger partial charge is 0.272 e. The van der Waals surface area contributed by atoms with Crippen LogP contribution in [0.3, 0.4) is 0 Å². The average Bonchev–Trinajstić information content (AvgIpc) is 3.15. The summed E-state index contributed by atoms with van der Waals surface area (Å²) >= 11 is 5.80. The number of hydrogen-bond acceptors (Lipinski definition) is 5. The van der Waals surface area contributed by atoms with Gasteiger partial charge in [-0.1, -0.05) is 25.4 Å². The third kappa shape index (κ3) is 3.41. The first-order valence-corrected chi connectivity index (χ1v) is 13.7. The van der Waals surface area contributed by atoms with Crippen LogP contribution in [0.15, 0.2) is 29.2 Å². The summed E-state index contributed by atoms with van der Waals surface area (Å²) in [5.74, 6) is -0.735. The van der Waals surface area contributed by atoms with Crippen molar-refractivity contribution in [1.29, 1.82) is 0 Å². The lowest BCUT2D eigenvalue weighted by atomic mass is 9.69. The van der Waals surface area contributed by atoms with Crippen molar-refractivity contribution in [3.63, 3.8) is 0 Å². The fourth-order valence-electron chi connectivity index (χ4n) is 5.94. The molecule has 11 heteroatoms. The molecular weight excluding hydrogens is 467 g/mol. The van der Waals surface area contributed by atoms with Crippen LogP contribution in [-0.4, -0.2) is 51.6 Å². The lowest BCUT2D eigenvalue weighted by molar-refractivity contribution is -0.131. The quantitative estimate of drug-likeness (QED) is 0.658. The van der Waals surface area contributed by atoms with Gasteiger partial charge in [0, 0.05) is 16.9 Å². The monoisotopic (exact) mass is 492 g/mol. The topological polar surface area (TPSA) is 101 Å². The van der Waals surface area contributed by atoms with Gasteiger partial charge in [-0.05, 0) is 54.9 Å². The highest BCUT2D eigenvalue weighted by atomic mass is 35.5. The Labute approximate surface area is 187 Å². The van der Waals surface area contributed by atoms with E-state index in [2.05, 4.69) is 18.6 Å². The molecule has 3 fully saturated rings. The molecule has 1 spiro atoms. The van der Waals surface area contributed by atoms with Crippen molar-refractivity contribution in [3.8, 4) is 0 Å². The van der Waals surface area contributed by atoms with Gasteiger partial charge in [-0.3, -0.25) is 9.18 Å². The molecule has 0 radical (unpaired) electrons. The van der Waals surface area contributed by atoms with E-state index in [1.54, 1.807) is 0 Å². The van der Waals surface area contributed by atoms with Crippen LogP contribution in [0.4, 0.5) is 4.39 Å². The highest BCUT2D eigenvalue weighted by Gasteiger charge is 2.72. The standard InChI is InChI=1S/C20H26ClFN2O5S2/c1-19(2)13-7-9-20(19)12-30(26,27)24(17(20)11-13)18(25)16(8-10-22)23-31(28,29)15-5-3-14(21)4-6-15/h3-6,13,16-17,23H,7-12H2,1-2H3/t13?,16-,17?,20?/m1/s1. The number of nitrogens with zero attached hydrogens (tertiary/aromatic N) is 1. The van der Waals surface area contributed by atoms with Crippen LogP contribution in [0.2, 0.25) is 5.02 Å². The molecule has 1 aromatic rings. The van der Waals surface area contributed by atoms with E-state index in [1.165, 1.54) is 24.3 Å². The summed E-state index contributed by atoms with van der Waals surface area (Å²) < 4.78 is 68.1. The van der Waals surface area contributed by atoms with Crippen LogP contribution in [0.1, 0.15) is 39.5 Å². The summed E-state index contributed by atoms with van der Waals surface area (Å²) in [4.78, 5) is 13.2. The number of rotatable bonds is 6. The fourth-order valence-corrected chi connectivity index (χ4v) is 9.87. The summed E-state index contributed by atoms with van der Waals surface area (Å²) in [5, 5.41) is 0.336. The molecule has 4 rings (SSSR count). The van der Waals surface area contributed by atoms with Crippen molar-refractivity contribution >= 4 is 37.6 Å². The number of nitrogens with one attached hydrogen (secondary N) is 1. The Bertz CT molecular complexity index is 1110. The van der Waals surface area contributed by atoms with Crippen LogP contribution in [0.5, 0.6) is 0 Å². The predicted octanol–water partition coefficient (Wildman–Crippen LogP) is 2.71. The van der Waals surface area contributed by atoms with Gasteiger partial charge in [0.05, 0.1) is 23.4 Å². The van der Waals surface area contributed by atoms with Gasteiger partial charge in [-0.15, -0.1) is 0 Å². The van der Waals surface area contributed by atoms with E-state index in [9.17, 15) is 26.0 Å². The highest BCUT2D eigenvalue weighted by Crippen LogP contribution is 2.70. The number of carbonyl (C=O) groups excluding carboxylic acids is 1. The number of amides is 1. The van der Waals surface area contributed by atoms with Gasteiger partial charge in [-0.2, -0.15) is 4.72 Å². The van der Waals surface area contributed by atoms with Crippen LogP contribution in [0, 0.1) is 16.7 Å². The number of benzene rings is 1. The van der Waals surface area contributed by atoms with E-state index in [1.807, 2.05) is 0 Å².